The summed E-state index contributed by atoms with van der Waals surface area (Å²) in [5.41, 5.74) is 0.510. The predicted octanol–water partition coefficient (Wildman–Crippen LogP) is 1.49. The smallest absolute Gasteiger partial charge is 0.337 e. The number of rotatable bonds is 4. The predicted molar refractivity (Wildman–Crippen MR) is 66.8 cm³/mol. The van der Waals surface area contributed by atoms with E-state index in [9.17, 15) is 9.90 Å². The van der Waals surface area contributed by atoms with Crippen LogP contribution in [0.15, 0.2) is 18.2 Å². The number of aromatic carboxylic acids is 1. The summed E-state index contributed by atoms with van der Waals surface area (Å²) >= 11 is 0. The van der Waals surface area contributed by atoms with Crippen molar-refractivity contribution >= 4 is 5.97 Å². The summed E-state index contributed by atoms with van der Waals surface area (Å²) in [5.74, 6) is 0.173. The van der Waals surface area contributed by atoms with Crippen LogP contribution in [0.5, 0.6) is 5.75 Å². The third-order valence-electron chi connectivity index (χ3n) is 2.67. The summed E-state index contributed by atoms with van der Waals surface area (Å²) in [7, 11) is 1.52. The molecule has 2 aromatic rings. The Morgan fingerprint density at radius 3 is 2.74 bits per heavy atom. The molecule has 7 nitrogen and oxygen atoms in total. The number of carboxylic acid groups (broad SMARTS) is 1. The van der Waals surface area contributed by atoms with Gasteiger partial charge in [-0.25, -0.2) is 4.79 Å². The van der Waals surface area contributed by atoms with Gasteiger partial charge in [0.2, 0.25) is 0 Å². The Kier molecular flexibility index (Phi) is 3.46. The Bertz CT molecular complexity index is 607. The standard InChI is InChI=1S/C12H14N4O3/c1-7(2)11-13-14-15-16(11)10-6-8(19-3)4-5-9(10)12(17)18/h4-7H,1-3H3,(H,17,18). The Balaban J connectivity index is 2.65. The van der Waals surface area contributed by atoms with Crippen LogP contribution in [0.1, 0.15) is 35.9 Å². The van der Waals surface area contributed by atoms with Crippen molar-refractivity contribution in [2.45, 2.75) is 19.8 Å². The summed E-state index contributed by atoms with van der Waals surface area (Å²) in [6.45, 7) is 3.87. The van der Waals surface area contributed by atoms with E-state index in [1.54, 1.807) is 12.1 Å². The topological polar surface area (TPSA) is 90.1 Å². The molecular weight excluding hydrogens is 248 g/mol. The van der Waals surface area contributed by atoms with E-state index < -0.39 is 5.97 Å². The molecule has 0 saturated carbocycles. The number of carboxylic acids is 1. The molecule has 1 heterocycles. The van der Waals surface area contributed by atoms with Crippen molar-refractivity contribution in [3.8, 4) is 11.4 Å². The molecule has 0 fully saturated rings. The minimum absolute atomic E-state index is 0.0721. The molecule has 100 valence electrons. The van der Waals surface area contributed by atoms with Crippen molar-refractivity contribution in [3.05, 3.63) is 29.6 Å². The van der Waals surface area contributed by atoms with E-state index >= 15 is 0 Å². The Hall–Kier alpha value is -2.44. The molecule has 0 aliphatic heterocycles. The largest absolute Gasteiger partial charge is 0.497 e. The van der Waals surface area contributed by atoms with E-state index in [4.69, 9.17) is 4.74 Å². The lowest BCUT2D eigenvalue weighted by Gasteiger charge is -2.11. The van der Waals surface area contributed by atoms with Crippen LogP contribution in [0.4, 0.5) is 0 Å². The number of hydrogen-bond acceptors (Lipinski definition) is 5. The third-order valence-corrected chi connectivity index (χ3v) is 2.67. The third kappa shape index (κ3) is 2.40. The van der Waals surface area contributed by atoms with Crippen LogP contribution >= 0.6 is 0 Å². The quantitative estimate of drug-likeness (QED) is 0.897. The summed E-state index contributed by atoms with van der Waals surface area (Å²) in [6.07, 6.45) is 0. The Labute approximate surface area is 109 Å². The molecule has 0 unspecified atom stereocenters. The van der Waals surface area contributed by atoms with E-state index in [1.807, 2.05) is 13.8 Å². The zero-order valence-corrected chi connectivity index (χ0v) is 10.9. The number of ether oxygens (including phenoxy) is 1. The summed E-state index contributed by atoms with van der Waals surface area (Å²) in [6, 6.07) is 4.67. The number of carbonyl (C=O) groups is 1. The molecule has 0 radical (unpaired) electrons. The van der Waals surface area contributed by atoms with Crippen LogP contribution in [0.25, 0.3) is 5.69 Å². The second-order valence-electron chi connectivity index (χ2n) is 4.29. The normalized spacial score (nSPS) is 10.7. The summed E-state index contributed by atoms with van der Waals surface area (Å²) in [5, 5.41) is 20.6. The summed E-state index contributed by atoms with van der Waals surface area (Å²) in [4.78, 5) is 11.3. The van der Waals surface area contributed by atoms with Gasteiger partial charge in [-0.15, -0.1) is 5.10 Å². The zero-order chi connectivity index (χ0) is 14.0. The molecule has 1 N–H and O–H groups in total. The maximum absolute atomic E-state index is 11.3. The number of nitrogens with zero attached hydrogens (tertiary/aromatic N) is 4. The maximum atomic E-state index is 11.3. The molecule has 19 heavy (non-hydrogen) atoms. The lowest BCUT2D eigenvalue weighted by Crippen LogP contribution is -2.11. The van der Waals surface area contributed by atoms with Gasteiger partial charge in [-0.05, 0) is 22.6 Å². The highest BCUT2D eigenvalue weighted by atomic mass is 16.5. The Morgan fingerprint density at radius 1 is 1.42 bits per heavy atom. The molecular formula is C12H14N4O3. The molecule has 0 amide bonds. The molecule has 0 bridgehead atoms. The lowest BCUT2D eigenvalue weighted by molar-refractivity contribution is 0.0696. The fourth-order valence-corrected chi connectivity index (χ4v) is 1.72. The van der Waals surface area contributed by atoms with E-state index in [1.165, 1.54) is 17.9 Å². The van der Waals surface area contributed by atoms with Gasteiger partial charge in [0.25, 0.3) is 0 Å². The molecule has 0 aliphatic carbocycles. The number of hydrogen-bond donors (Lipinski definition) is 1. The van der Waals surface area contributed by atoms with Crippen LogP contribution < -0.4 is 4.74 Å². The van der Waals surface area contributed by atoms with Gasteiger partial charge in [-0.1, -0.05) is 13.8 Å². The molecule has 2 rings (SSSR count). The number of methoxy groups -OCH3 is 1. The highest BCUT2D eigenvalue weighted by Crippen LogP contribution is 2.23. The Morgan fingerprint density at radius 2 is 2.16 bits per heavy atom. The van der Waals surface area contributed by atoms with Crippen molar-refractivity contribution in [3.63, 3.8) is 0 Å². The van der Waals surface area contributed by atoms with E-state index in [-0.39, 0.29) is 11.5 Å². The van der Waals surface area contributed by atoms with Gasteiger partial charge in [0.05, 0.1) is 18.4 Å². The number of benzene rings is 1. The molecule has 1 aromatic carbocycles. The van der Waals surface area contributed by atoms with E-state index in [2.05, 4.69) is 15.5 Å². The lowest BCUT2D eigenvalue weighted by atomic mass is 10.1. The molecule has 0 saturated heterocycles. The summed E-state index contributed by atoms with van der Waals surface area (Å²) < 4.78 is 6.54. The van der Waals surface area contributed by atoms with Crippen molar-refractivity contribution < 1.29 is 14.6 Å². The first kappa shape index (κ1) is 13.0. The van der Waals surface area contributed by atoms with Gasteiger partial charge in [0.15, 0.2) is 5.82 Å². The van der Waals surface area contributed by atoms with Gasteiger partial charge in [-0.3, -0.25) is 0 Å². The van der Waals surface area contributed by atoms with Crippen LogP contribution in [0.2, 0.25) is 0 Å². The molecule has 1 aromatic heterocycles. The number of aromatic nitrogens is 4. The van der Waals surface area contributed by atoms with Gasteiger partial charge in [0, 0.05) is 12.0 Å². The molecule has 7 heteroatoms. The average Bonchev–Trinajstić information content (AvgIpc) is 2.87. The minimum atomic E-state index is -1.04. The van der Waals surface area contributed by atoms with Crippen LogP contribution in [0.3, 0.4) is 0 Å². The van der Waals surface area contributed by atoms with Crippen molar-refractivity contribution in [2.75, 3.05) is 7.11 Å². The highest BCUT2D eigenvalue weighted by Gasteiger charge is 2.18. The first-order valence-corrected chi connectivity index (χ1v) is 5.74. The van der Waals surface area contributed by atoms with E-state index in [0.717, 1.165) is 0 Å². The SMILES string of the molecule is COc1ccc(C(=O)O)c(-n2nnnc2C(C)C)c1. The fourth-order valence-electron chi connectivity index (χ4n) is 1.72. The van der Waals surface area contributed by atoms with Crippen LogP contribution in [-0.2, 0) is 0 Å². The minimum Gasteiger partial charge on any atom is -0.497 e. The molecule has 0 atom stereocenters. The van der Waals surface area contributed by atoms with Gasteiger partial charge in [0.1, 0.15) is 5.75 Å². The highest BCUT2D eigenvalue weighted by molar-refractivity contribution is 5.92. The molecule has 0 spiro atoms. The average molecular weight is 262 g/mol. The maximum Gasteiger partial charge on any atom is 0.337 e. The van der Waals surface area contributed by atoms with Crippen molar-refractivity contribution in [1.29, 1.82) is 0 Å². The van der Waals surface area contributed by atoms with Crippen molar-refractivity contribution in [1.82, 2.24) is 20.2 Å². The fraction of sp³-hybridized carbons (Fsp3) is 0.333. The second-order valence-corrected chi connectivity index (χ2v) is 4.29. The first-order chi connectivity index (χ1) is 9.04. The first-order valence-electron chi connectivity index (χ1n) is 5.74. The van der Waals surface area contributed by atoms with E-state index in [0.29, 0.717) is 17.3 Å². The zero-order valence-electron chi connectivity index (χ0n) is 10.9. The van der Waals surface area contributed by atoms with Crippen molar-refractivity contribution in [2.24, 2.45) is 0 Å². The molecule has 0 aliphatic rings. The number of tetrazole rings is 1. The van der Waals surface area contributed by atoms with Crippen LogP contribution in [0, 0.1) is 0 Å². The van der Waals surface area contributed by atoms with Gasteiger partial charge < -0.3 is 9.84 Å². The second kappa shape index (κ2) is 5.05. The monoisotopic (exact) mass is 262 g/mol. The van der Waals surface area contributed by atoms with Gasteiger partial charge in [-0.2, -0.15) is 4.68 Å². The van der Waals surface area contributed by atoms with Crippen LogP contribution in [-0.4, -0.2) is 38.4 Å². The van der Waals surface area contributed by atoms with Gasteiger partial charge >= 0.3 is 5.97 Å².